The van der Waals surface area contributed by atoms with Gasteiger partial charge >= 0.3 is 0 Å². The average molecular weight is 344 g/mol. The first-order valence-corrected chi connectivity index (χ1v) is 8.57. The van der Waals surface area contributed by atoms with E-state index in [2.05, 4.69) is 5.32 Å². The van der Waals surface area contributed by atoms with Crippen LogP contribution < -0.4 is 5.32 Å². The van der Waals surface area contributed by atoms with Crippen molar-refractivity contribution in [3.63, 3.8) is 0 Å². The summed E-state index contributed by atoms with van der Waals surface area (Å²) in [4.78, 5) is 36.7. The van der Waals surface area contributed by atoms with Gasteiger partial charge < -0.3 is 5.32 Å². The Morgan fingerprint density at radius 1 is 1.20 bits per heavy atom. The van der Waals surface area contributed by atoms with E-state index in [-0.39, 0.29) is 29.5 Å². The summed E-state index contributed by atoms with van der Waals surface area (Å²) < 4.78 is 0. The highest BCUT2D eigenvalue weighted by Crippen LogP contribution is 2.70. The maximum Gasteiger partial charge on any atom is 0.293 e. The van der Waals surface area contributed by atoms with Crippen LogP contribution >= 0.6 is 0 Å². The molecule has 3 rings (SSSR count). The fourth-order valence-electron chi connectivity index (χ4n) is 4.85. The van der Waals surface area contributed by atoms with Gasteiger partial charge in [-0.15, -0.1) is 0 Å². The molecule has 0 aromatic heterocycles. The quantitative estimate of drug-likeness (QED) is 0.664. The van der Waals surface area contributed by atoms with Crippen LogP contribution in [-0.4, -0.2) is 16.6 Å². The van der Waals surface area contributed by atoms with E-state index in [1.165, 1.54) is 6.07 Å². The number of nitro groups is 1. The van der Waals surface area contributed by atoms with E-state index in [1.807, 2.05) is 26.8 Å². The Labute approximate surface area is 147 Å². The number of carbonyl (C=O) groups is 2. The minimum absolute atomic E-state index is 0.106. The van der Waals surface area contributed by atoms with Crippen LogP contribution in [0.2, 0.25) is 0 Å². The number of anilines is 1. The Kier molecular flexibility index (Phi) is 3.61. The topological polar surface area (TPSA) is 89.3 Å². The summed E-state index contributed by atoms with van der Waals surface area (Å²) in [5.74, 6) is -0.156. The predicted molar refractivity (Wildman–Crippen MR) is 94.4 cm³/mol. The normalized spacial score (nSPS) is 29.7. The Balaban J connectivity index is 2.03. The molecule has 6 heteroatoms. The minimum atomic E-state index is -0.802. The molecule has 0 unspecified atom stereocenters. The lowest BCUT2D eigenvalue weighted by Gasteiger charge is -2.38. The van der Waals surface area contributed by atoms with E-state index in [0.717, 1.165) is 5.56 Å². The predicted octanol–water partition coefficient (Wildman–Crippen LogP) is 3.94. The van der Waals surface area contributed by atoms with Crippen LogP contribution in [0.25, 0.3) is 0 Å². The second kappa shape index (κ2) is 5.13. The summed E-state index contributed by atoms with van der Waals surface area (Å²) in [5, 5.41) is 14.2. The lowest BCUT2D eigenvalue weighted by molar-refractivity contribution is -0.384. The lowest BCUT2D eigenvalue weighted by atomic mass is 9.64. The minimum Gasteiger partial charge on any atom is -0.320 e. The van der Waals surface area contributed by atoms with Crippen molar-refractivity contribution in [3.8, 4) is 0 Å². The first kappa shape index (κ1) is 17.6. The van der Waals surface area contributed by atoms with Crippen LogP contribution in [0.4, 0.5) is 11.4 Å². The molecule has 2 aliphatic carbocycles. The Morgan fingerprint density at radius 3 is 2.32 bits per heavy atom. The molecule has 0 heterocycles. The third-order valence-corrected chi connectivity index (χ3v) is 7.03. The van der Waals surface area contributed by atoms with E-state index >= 15 is 0 Å². The van der Waals surface area contributed by atoms with Crippen molar-refractivity contribution in [2.75, 3.05) is 5.32 Å². The van der Waals surface area contributed by atoms with Crippen molar-refractivity contribution < 1.29 is 14.5 Å². The van der Waals surface area contributed by atoms with Crippen molar-refractivity contribution in [3.05, 3.63) is 33.4 Å². The molecule has 1 aromatic carbocycles. The first-order chi connectivity index (χ1) is 11.5. The number of nitro benzene ring substituents is 1. The molecular weight excluding hydrogens is 320 g/mol. The van der Waals surface area contributed by atoms with Crippen molar-refractivity contribution in [1.82, 2.24) is 0 Å². The number of benzene rings is 1. The number of ketones is 1. The summed E-state index contributed by atoms with van der Waals surface area (Å²) in [6.45, 7) is 9.42. The first-order valence-electron chi connectivity index (χ1n) is 8.57. The Bertz CT molecular complexity index is 814. The fourth-order valence-corrected chi connectivity index (χ4v) is 4.85. The number of hydrogen-bond donors (Lipinski definition) is 1. The van der Waals surface area contributed by atoms with Crippen LogP contribution in [0, 0.1) is 40.2 Å². The summed E-state index contributed by atoms with van der Waals surface area (Å²) in [6.07, 6.45) is 1.52. The zero-order valence-corrected chi connectivity index (χ0v) is 15.4. The van der Waals surface area contributed by atoms with Crippen LogP contribution in [0.3, 0.4) is 0 Å². The molecule has 2 atom stereocenters. The Morgan fingerprint density at radius 2 is 1.84 bits per heavy atom. The standard InChI is InChI=1S/C19H24N2O4/c1-11-8-12(2)15(13(9-11)21(24)25)20-16(23)19-7-6-18(5,14(22)10-19)17(19,3)4/h8-9H,6-7,10H2,1-5H3,(H,20,23)/t18-,19-/m1/s1. The van der Waals surface area contributed by atoms with Crippen LogP contribution in [0.15, 0.2) is 12.1 Å². The van der Waals surface area contributed by atoms with Gasteiger partial charge in [-0.2, -0.15) is 0 Å². The highest BCUT2D eigenvalue weighted by molar-refractivity contribution is 6.05. The fraction of sp³-hybridized carbons (Fsp3) is 0.579. The molecule has 6 nitrogen and oxygen atoms in total. The smallest absolute Gasteiger partial charge is 0.293 e. The molecule has 25 heavy (non-hydrogen) atoms. The van der Waals surface area contributed by atoms with Crippen molar-refractivity contribution in [2.24, 2.45) is 16.2 Å². The Hall–Kier alpha value is -2.24. The number of hydrogen-bond acceptors (Lipinski definition) is 4. The molecule has 1 aromatic rings. The van der Waals surface area contributed by atoms with E-state index < -0.39 is 21.2 Å². The SMILES string of the molecule is Cc1cc(C)c(NC(=O)[C@@]23CC[C@](C)(C(=O)C2)C3(C)C)c([N+](=O)[O-])c1. The number of amides is 1. The number of rotatable bonds is 3. The highest BCUT2D eigenvalue weighted by Gasteiger charge is 2.72. The number of aryl methyl sites for hydroxylation is 2. The maximum atomic E-state index is 13.2. The van der Waals surface area contributed by atoms with Crippen LogP contribution in [0.1, 0.15) is 51.2 Å². The van der Waals surface area contributed by atoms with Crippen molar-refractivity contribution in [1.29, 1.82) is 0 Å². The van der Waals surface area contributed by atoms with Gasteiger partial charge in [0.15, 0.2) is 0 Å². The van der Waals surface area contributed by atoms with E-state index in [9.17, 15) is 19.7 Å². The molecule has 1 N–H and O–H groups in total. The van der Waals surface area contributed by atoms with Gasteiger partial charge in [-0.3, -0.25) is 19.7 Å². The van der Waals surface area contributed by atoms with Crippen LogP contribution in [-0.2, 0) is 9.59 Å². The van der Waals surface area contributed by atoms with Gasteiger partial charge in [-0.25, -0.2) is 0 Å². The molecule has 2 bridgehead atoms. The van der Waals surface area contributed by atoms with E-state index in [1.54, 1.807) is 13.8 Å². The molecule has 0 radical (unpaired) electrons. The highest BCUT2D eigenvalue weighted by atomic mass is 16.6. The van der Waals surface area contributed by atoms with Gasteiger partial charge in [0.1, 0.15) is 11.5 Å². The number of nitrogens with zero attached hydrogens (tertiary/aromatic N) is 1. The summed E-state index contributed by atoms with van der Waals surface area (Å²) in [7, 11) is 0. The van der Waals surface area contributed by atoms with Gasteiger partial charge in [-0.1, -0.05) is 26.8 Å². The van der Waals surface area contributed by atoms with Gasteiger partial charge in [0.05, 0.1) is 10.3 Å². The molecule has 2 aliphatic rings. The zero-order valence-electron chi connectivity index (χ0n) is 15.4. The van der Waals surface area contributed by atoms with Crippen LogP contribution in [0.5, 0.6) is 0 Å². The largest absolute Gasteiger partial charge is 0.320 e. The molecule has 1 amide bonds. The average Bonchev–Trinajstić information content (AvgIpc) is 2.79. The molecule has 0 saturated heterocycles. The second-order valence-electron chi connectivity index (χ2n) is 8.33. The second-order valence-corrected chi connectivity index (χ2v) is 8.33. The summed E-state index contributed by atoms with van der Waals surface area (Å²) in [5.41, 5.74) is -0.231. The van der Waals surface area contributed by atoms with Crippen molar-refractivity contribution in [2.45, 2.75) is 53.9 Å². The number of fused-ring (bicyclic) bond motifs is 2. The van der Waals surface area contributed by atoms with Gasteiger partial charge in [0, 0.05) is 17.9 Å². The molecule has 2 saturated carbocycles. The molecular formula is C19H24N2O4. The van der Waals surface area contributed by atoms with Crippen molar-refractivity contribution >= 4 is 23.1 Å². The molecule has 2 fully saturated rings. The van der Waals surface area contributed by atoms with E-state index in [4.69, 9.17) is 0 Å². The maximum absolute atomic E-state index is 13.2. The third kappa shape index (κ3) is 2.09. The number of carbonyl (C=O) groups excluding carboxylic acids is 2. The molecule has 134 valence electrons. The summed E-state index contributed by atoms with van der Waals surface area (Å²) >= 11 is 0. The third-order valence-electron chi connectivity index (χ3n) is 7.03. The van der Waals surface area contributed by atoms with Gasteiger partial charge in [-0.05, 0) is 43.2 Å². The number of Topliss-reactive ketones (excluding diaryl/α,β-unsaturated/α-hetero) is 1. The van der Waals surface area contributed by atoms with E-state index in [0.29, 0.717) is 18.4 Å². The molecule has 0 spiro atoms. The monoisotopic (exact) mass is 344 g/mol. The number of nitrogens with one attached hydrogen (secondary N) is 1. The zero-order chi connectivity index (χ0) is 18.8. The molecule has 0 aliphatic heterocycles. The lowest BCUT2D eigenvalue weighted by Crippen LogP contribution is -2.43. The van der Waals surface area contributed by atoms with Gasteiger partial charge in [0.2, 0.25) is 5.91 Å². The summed E-state index contributed by atoms with van der Waals surface area (Å²) in [6, 6.07) is 3.27. The van der Waals surface area contributed by atoms with Gasteiger partial charge in [0.25, 0.3) is 5.69 Å².